The summed E-state index contributed by atoms with van der Waals surface area (Å²) in [6, 6.07) is 5.04. The molecule has 88 valence electrons. The first-order chi connectivity index (χ1) is 7.99. The third-order valence-electron chi connectivity index (χ3n) is 2.51. The van der Waals surface area contributed by atoms with Gasteiger partial charge < -0.3 is 5.73 Å². The molecule has 0 aliphatic carbocycles. The number of anilines is 1. The van der Waals surface area contributed by atoms with Crippen LogP contribution in [-0.4, -0.2) is 9.55 Å². The van der Waals surface area contributed by atoms with E-state index in [9.17, 15) is 4.79 Å². The van der Waals surface area contributed by atoms with Crippen molar-refractivity contribution in [3.05, 3.63) is 50.6 Å². The van der Waals surface area contributed by atoms with Crippen LogP contribution in [0.15, 0.2) is 33.7 Å². The molecule has 2 rings (SSSR count). The molecule has 0 saturated carbocycles. The smallest absolute Gasteiger partial charge is 0.257 e. The van der Waals surface area contributed by atoms with Gasteiger partial charge in [0, 0.05) is 28.1 Å². The molecule has 0 spiro atoms. The molecule has 0 unspecified atom stereocenters. The Kier molecular flexibility index (Phi) is 3.02. The summed E-state index contributed by atoms with van der Waals surface area (Å²) in [5.41, 5.74) is 8.31. The van der Waals surface area contributed by atoms with E-state index in [0.717, 1.165) is 21.5 Å². The number of hydrogen-bond donors (Lipinski definition) is 1. The third kappa shape index (κ3) is 2.24. The zero-order valence-electron chi connectivity index (χ0n) is 9.57. The minimum absolute atomic E-state index is 0.148. The summed E-state index contributed by atoms with van der Waals surface area (Å²) >= 11 is 3.35. The van der Waals surface area contributed by atoms with Crippen LogP contribution >= 0.6 is 15.9 Å². The molecule has 0 atom stereocenters. The molecule has 5 heteroatoms. The van der Waals surface area contributed by atoms with Crippen molar-refractivity contribution in [2.24, 2.45) is 0 Å². The molecular weight excluding hydrogens is 282 g/mol. The summed E-state index contributed by atoms with van der Waals surface area (Å²) in [6.45, 7) is 3.71. The largest absolute Gasteiger partial charge is 0.399 e. The fourth-order valence-electron chi connectivity index (χ4n) is 1.76. The zero-order valence-corrected chi connectivity index (χ0v) is 11.2. The number of nitrogens with two attached hydrogens (primary N) is 1. The highest BCUT2D eigenvalue weighted by atomic mass is 79.9. The molecule has 0 aromatic carbocycles. The van der Waals surface area contributed by atoms with Crippen molar-refractivity contribution in [3.63, 3.8) is 0 Å². The predicted molar refractivity (Wildman–Crippen MR) is 71.4 cm³/mol. The van der Waals surface area contributed by atoms with E-state index in [0.29, 0.717) is 5.69 Å². The summed E-state index contributed by atoms with van der Waals surface area (Å²) in [4.78, 5) is 16.2. The van der Waals surface area contributed by atoms with Gasteiger partial charge in [-0.1, -0.05) is 0 Å². The number of halogens is 1. The highest BCUT2D eigenvalue weighted by Crippen LogP contribution is 2.18. The molecule has 4 nitrogen and oxygen atoms in total. The van der Waals surface area contributed by atoms with Crippen LogP contribution in [0.1, 0.15) is 11.4 Å². The van der Waals surface area contributed by atoms with Gasteiger partial charge in [0.05, 0.1) is 11.4 Å². The maximum absolute atomic E-state index is 12.0. The fraction of sp³-hybridized carbons (Fsp3) is 0.167. The zero-order chi connectivity index (χ0) is 12.6. The highest BCUT2D eigenvalue weighted by Gasteiger charge is 2.08. The first kappa shape index (κ1) is 11.9. The molecule has 0 saturated heterocycles. The van der Waals surface area contributed by atoms with Crippen molar-refractivity contribution in [3.8, 4) is 5.69 Å². The van der Waals surface area contributed by atoms with Crippen molar-refractivity contribution in [1.29, 1.82) is 0 Å². The number of nitrogen functional groups attached to an aromatic ring is 1. The Balaban J connectivity index is 2.77. The average Bonchev–Trinajstić information content (AvgIpc) is 2.21. The Hall–Kier alpha value is -1.62. The lowest BCUT2D eigenvalue weighted by atomic mass is 10.2. The minimum Gasteiger partial charge on any atom is -0.399 e. The van der Waals surface area contributed by atoms with Gasteiger partial charge >= 0.3 is 0 Å². The molecule has 17 heavy (non-hydrogen) atoms. The summed E-state index contributed by atoms with van der Waals surface area (Å²) in [5, 5.41) is 0. The molecule has 0 aliphatic rings. The molecular formula is C12H12BrN3O. The number of rotatable bonds is 1. The maximum atomic E-state index is 12.0. The molecule has 0 aliphatic heterocycles. The maximum Gasteiger partial charge on any atom is 0.257 e. The van der Waals surface area contributed by atoms with Crippen LogP contribution in [0.4, 0.5) is 5.69 Å². The van der Waals surface area contributed by atoms with Gasteiger partial charge in [-0.3, -0.25) is 14.3 Å². The van der Waals surface area contributed by atoms with Gasteiger partial charge in [0.2, 0.25) is 0 Å². The van der Waals surface area contributed by atoms with E-state index in [-0.39, 0.29) is 5.56 Å². The standard InChI is InChI=1S/C12H12BrN3O/c1-7-3-10(14)5-12(17)16(7)11-4-9(13)6-15-8(11)2/h3-6H,14H2,1-2H3. The first-order valence-corrected chi connectivity index (χ1v) is 5.90. The monoisotopic (exact) mass is 293 g/mol. The third-order valence-corrected chi connectivity index (χ3v) is 2.94. The van der Waals surface area contributed by atoms with Crippen LogP contribution in [0.5, 0.6) is 0 Å². The van der Waals surface area contributed by atoms with Crippen molar-refractivity contribution < 1.29 is 0 Å². The van der Waals surface area contributed by atoms with E-state index in [2.05, 4.69) is 20.9 Å². The van der Waals surface area contributed by atoms with Gasteiger partial charge in [0.25, 0.3) is 5.56 Å². The molecule has 2 N–H and O–H groups in total. The van der Waals surface area contributed by atoms with E-state index < -0.39 is 0 Å². The van der Waals surface area contributed by atoms with E-state index in [1.807, 2.05) is 19.9 Å². The van der Waals surface area contributed by atoms with Crippen molar-refractivity contribution in [2.75, 3.05) is 5.73 Å². The Morgan fingerprint density at radius 3 is 2.65 bits per heavy atom. The lowest BCUT2D eigenvalue weighted by Gasteiger charge is -2.12. The number of aromatic nitrogens is 2. The second-order valence-corrected chi connectivity index (χ2v) is 4.78. The Morgan fingerprint density at radius 2 is 2.00 bits per heavy atom. The van der Waals surface area contributed by atoms with Crippen LogP contribution in [0, 0.1) is 13.8 Å². The summed E-state index contributed by atoms with van der Waals surface area (Å²) in [7, 11) is 0. The van der Waals surface area contributed by atoms with Gasteiger partial charge in [0.1, 0.15) is 0 Å². The van der Waals surface area contributed by atoms with E-state index in [1.54, 1.807) is 16.8 Å². The molecule has 2 heterocycles. The quantitative estimate of drug-likeness (QED) is 0.877. The molecule has 2 aromatic heterocycles. The van der Waals surface area contributed by atoms with Crippen LogP contribution in [0.2, 0.25) is 0 Å². The lowest BCUT2D eigenvalue weighted by molar-refractivity contribution is 0.910. The van der Waals surface area contributed by atoms with Gasteiger partial charge in [0.15, 0.2) is 0 Å². The van der Waals surface area contributed by atoms with E-state index in [1.165, 1.54) is 6.07 Å². The number of nitrogens with zero attached hydrogens (tertiary/aromatic N) is 2. The Labute approximate surface area is 107 Å². The van der Waals surface area contributed by atoms with E-state index in [4.69, 9.17) is 5.73 Å². The van der Waals surface area contributed by atoms with Crippen LogP contribution < -0.4 is 11.3 Å². The molecule has 2 aromatic rings. The number of hydrogen-bond acceptors (Lipinski definition) is 3. The van der Waals surface area contributed by atoms with Gasteiger partial charge in [-0.05, 0) is 41.9 Å². The van der Waals surface area contributed by atoms with Gasteiger partial charge in [-0.2, -0.15) is 0 Å². The highest BCUT2D eigenvalue weighted by molar-refractivity contribution is 9.10. The minimum atomic E-state index is -0.148. The fourth-order valence-corrected chi connectivity index (χ4v) is 2.08. The number of aryl methyl sites for hydroxylation is 2. The normalized spacial score (nSPS) is 10.5. The second kappa shape index (κ2) is 4.33. The van der Waals surface area contributed by atoms with Crippen LogP contribution in [0.25, 0.3) is 5.69 Å². The topological polar surface area (TPSA) is 60.9 Å². The predicted octanol–water partition coefficient (Wildman–Crippen LogP) is 2.19. The van der Waals surface area contributed by atoms with Crippen molar-refractivity contribution in [1.82, 2.24) is 9.55 Å². The Bertz CT molecular complexity index is 634. The van der Waals surface area contributed by atoms with E-state index >= 15 is 0 Å². The SMILES string of the molecule is Cc1ncc(Br)cc1-n1c(C)cc(N)cc1=O. The summed E-state index contributed by atoms with van der Waals surface area (Å²) in [5.74, 6) is 0. The second-order valence-electron chi connectivity index (χ2n) is 3.86. The summed E-state index contributed by atoms with van der Waals surface area (Å²) in [6.07, 6.45) is 1.70. The summed E-state index contributed by atoms with van der Waals surface area (Å²) < 4.78 is 2.44. The lowest BCUT2D eigenvalue weighted by Crippen LogP contribution is -2.21. The van der Waals surface area contributed by atoms with Crippen molar-refractivity contribution in [2.45, 2.75) is 13.8 Å². The first-order valence-electron chi connectivity index (χ1n) is 5.11. The molecule has 0 bridgehead atoms. The Morgan fingerprint density at radius 1 is 1.29 bits per heavy atom. The van der Waals surface area contributed by atoms with Gasteiger partial charge in [-0.25, -0.2) is 0 Å². The van der Waals surface area contributed by atoms with Crippen LogP contribution in [0.3, 0.4) is 0 Å². The average molecular weight is 294 g/mol. The van der Waals surface area contributed by atoms with Crippen molar-refractivity contribution >= 4 is 21.6 Å². The molecule has 0 radical (unpaired) electrons. The molecule has 0 fully saturated rings. The van der Waals surface area contributed by atoms with Gasteiger partial charge in [-0.15, -0.1) is 0 Å². The van der Waals surface area contributed by atoms with Crippen LogP contribution in [-0.2, 0) is 0 Å². The number of pyridine rings is 2. The molecule has 0 amide bonds.